The third kappa shape index (κ3) is 2.57. The smallest absolute Gasteiger partial charge is 0.176 e. The summed E-state index contributed by atoms with van der Waals surface area (Å²) in [6, 6.07) is 16.0. The average molecular weight is 341 g/mol. The molecule has 6 nitrogen and oxygen atoms in total. The molecule has 0 radical (unpaired) electrons. The predicted octanol–water partition coefficient (Wildman–Crippen LogP) is 4.13. The molecule has 5 rings (SSSR count). The highest BCUT2D eigenvalue weighted by atomic mass is 16.3. The van der Waals surface area contributed by atoms with Crippen LogP contribution in [0.5, 0.6) is 0 Å². The van der Waals surface area contributed by atoms with Crippen molar-refractivity contribution in [2.75, 3.05) is 0 Å². The van der Waals surface area contributed by atoms with Crippen LogP contribution in [-0.2, 0) is 6.54 Å². The molecule has 0 atom stereocenters. The van der Waals surface area contributed by atoms with Gasteiger partial charge in [-0.15, -0.1) is 0 Å². The first-order chi connectivity index (χ1) is 12.9. The van der Waals surface area contributed by atoms with Crippen LogP contribution in [0, 0.1) is 0 Å². The first-order valence-corrected chi connectivity index (χ1v) is 8.31. The number of benzene rings is 1. The first-order valence-electron chi connectivity index (χ1n) is 8.31. The Balaban J connectivity index is 1.47. The fraction of sp³-hybridized carbons (Fsp3) is 0.0500. The predicted molar refractivity (Wildman–Crippen MR) is 98.4 cm³/mol. The molecule has 0 amide bonds. The Morgan fingerprint density at radius 1 is 0.962 bits per heavy atom. The highest BCUT2D eigenvalue weighted by molar-refractivity contribution is 5.78. The molecule has 0 saturated carbocycles. The van der Waals surface area contributed by atoms with E-state index in [9.17, 15) is 0 Å². The highest BCUT2D eigenvalue weighted by Gasteiger charge is 2.13. The number of nitrogens with zero attached hydrogens (tertiary/aromatic N) is 4. The molecule has 4 aromatic heterocycles. The molecule has 0 bridgehead atoms. The summed E-state index contributed by atoms with van der Waals surface area (Å²) in [6.07, 6.45) is 7.33. The first kappa shape index (κ1) is 14.7. The zero-order valence-electron chi connectivity index (χ0n) is 13.8. The highest BCUT2D eigenvalue weighted by Crippen LogP contribution is 2.27. The molecule has 0 saturated heterocycles. The number of aromatic amines is 1. The van der Waals surface area contributed by atoms with E-state index in [1.807, 2.05) is 48.8 Å². The van der Waals surface area contributed by atoms with E-state index in [0.717, 1.165) is 33.7 Å². The number of furan rings is 1. The second-order valence-corrected chi connectivity index (χ2v) is 6.05. The molecule has 0 fully saturated rings. The molecule has 0 aliphatic carbocycles. The lowest BCUT2D eigenvalue weighted by Gasteiger charge is -2.07. The molecule has 4 heterocycles. The van der Waals surface area contributed by atoms with Gasteiger partial charge >= 0.3 is 0 Å². The van der Waals surface area contributed by atoms with Crippen LogP contribution in [0.4, 0.5) is 0 Å². The van der Waals surface area contributed by atoms with Gasteiger partial charge in [0.05, 0.1) is 12.1 Å². The van der Waals surface area contributed by atoms with Gasteiger partial charge in [-0.1, -0.05) is 18.2 Å². The number of fused-ring (bicyclic) bond motifs is 1. The summed E-state index contributed by atoms with van der Waals surface area (Å²) in [5.74, 6) is 2.23. The van der Waals surface area contributed by atoms with Crippen molar-refractivity contribution in [3.63, 3.8) is 0 Å². The van der Waals surface area contributed by atoms with Crippen molar-refractivity contribution < 1.29 is 4.42 Å². The van der Waals surface area contributed by atoms with Gasteiger partial charge in [0.2, 0.25) is 0 Å². The van der Waals surface area contributed by atoms with Gasteiger partial charge in [0.15, 0.2) is 17.3 Å². The van der Waals surface area contributed by atoms with E-state index in [2.05, 4.69) is 36.9 Å². The lowest BCUT2D eigenvalue weighted by Crippen LogP contribution is -2.01. The van der Waals surface area contributed by atoms with Crippen LogP contribution in [-0.4, -0.2) is 24.7 Å². The van der Waals surface area contributed by atoms with Crippen LogP contribution in [0.2, 0.25) is 0 Å². The minimum Gasteiger partial charge on any atom is -0.451 e. The SMILES string of the molecule is c1ccc2ncc(Cn3ccnc3-c3ccc(-c4ccn[nH]4)o3)cc2c1. The normalized spacial score (nSPS) is 11.2. The molecule has 0 unspecified atom stereocenters. The molecule has 0 spiro atoms. The van der Waals surface area contributed by atoms with Gasteiger partial charge in [-0.25, -0.2) is 4.98 Å². The lowest BCUT2D eigenvalue weighted by atomic mass is 10.1. The Morgan fingerprint density at radius 2 is 1.88 bits per heavy atom. The summed E-state index contributed by atoms with van der Waals surface area (Å²) in [6.45, 7) is 0.674. The Labute approximate surface area is 149 Å². The summed E-state index contributed by atoms with van der Waals surface area (Å²) < 4.78 is 8.01. The zero-order chi connectivity index (χ0) is 17.3. The maximum absolute atomic E-state index is 5.95. The summed E-state index contributed by atoms with van der Waals surface area (Å²) in [5, 5.41) is 7.99. The molecule has 5 aromatic rings. The number of nitrogens with one attached hydrogen (secondary N) is 1. The maximum Gasteiger partial charge on any atom is 0.176 e. The lowest BCUT2D eigenvalue weighted by molar-refractivity contribution is 0.583. The fourth-order valence-electron chi connectivity index (χ4n) is 3.06. The molecule has 0 aliphatic rings. The van der Waals surface area contributed by atoms with Crippen LogP contribution in [0.15, 0.2) is 77.7 Å². The van der Waals surface area contributed by atoms with Crippen LogP contribution in [0.1, 0.15) is 5.56 Å². The van der Waals surface area contributed by atoms with E-state index in [-0.39, 0.29) is 0 Å². The molecule has 0 aliphatic heterocycles. The Morgan fingerprint density at radius 3 is 2.81 bits per heavy atom. The number of imidazole rings is 1. The minimum atomic E-state index is 0.674. The molecular weight excluding hydrogens is 326 g/mol. The molecular formula is C20H15N5O. The van der Waals surface area contributed by atoms with Gasteiger partial charge in [0, 0.05) is 30.2 Å². The van der Waals surface area contributed by atoms with E-state index in [1.165, 1.54) is 0 Å². The van der Waals surface area contributed by atoms with Crippen molar-refractivity contribution in [1.29, 1.82) is 0 Å². The van der Waals surface area contributed by atoms with Gasteiger partial charge in [-0.05, 0) is 35.9 Å². The number of aromatic nitrogens is 5. The fourth-order valence-corrected chi connectivity index (χ4v) is 3.06. The number of hydrogen-bond donors (Lipinski definition) is 1. The van der Waals surface area contributed by atoms with Crippen molar-refractivity contribution in [3.05, 3.63) is 78.9 Å². The number of H-pyrrole nitrogens is 1. The van der Waals surface area contributed by atoms with Crippen molar-refractivity contribution in [2.45, 2.75) is 6.54 Å². The zero-order valence-corrected chi connectivity index (χ0v) is 13.8. The average Bonchev–Trinajstić information content (AvgIpc) is 3.42. The minimum absolute atomic E-state index is 0.674. The van der Waals surface area contributed by atoms with Gasteiger partial charge < -0.3 is 8.98 Å². The third-order valence-corrected chi connectivity index (χ3v) is 4.31. The number of hydrogen-bond acceptors (Lipinski definition) is 4. The van der Waals surface area contributed by atoms with Gasteiger partial charge in [-0.2, -0.15) is 5.10 Å². The van der Waals surface area contributed by atoms with E-state index in [0.29, 0.717) is 12.3 Å². The Hall–Kier alpha value is -3.67. The number of pyridine rings is 1. The molecule has 26 heavy (non-hydrogen) atoms. The maximum atomic E-state index is 5.95. The van der Waals surface area contributed by atoms with Crippen LogP contribution in [0.25, 0.3) is 33.9 Å². The van der Waals surface area contributed by atoms with Crippen LogP contribution >= 0.6 is 0 Å². The van der Waals surface area contributed by atoms with Gasteiger partial charge in [-0.3, -0.25) is 10.1 Å². The topological polar surface area (TPSA) is 72.5 Å². The van der Waals surface area contributed by atoms with Gasteiger partial charge in [0.1, 0.15) is 5.69 Å². The number of para-hydroxylation sites is 1. The molecule has 6 heteroatoms. The standard InChI is InChI=1S/C20H15N5O/c1-2-4-16-15(3-1)11-14(12-22-16)13-25-10-9-21-20(25)19-6-5-18(26-19)17-7-8-23-24-17/h1-12H,13H2,(H,23,24). The summed E-state index contributed by atoms with van der Waals surface area (Å²) >= 11 is 0. The van der Waals surface area contributed by atoms with E-state index >= 15 is 0 Å². The number of rotatable bonds is 4. The van der Waals surface area contributed by atoms with E-state index in [1.54, 1.807) is 12.4 Å². The quantitative estimate of drug-likeness (QED) is 0.533. The molecule has 1 N–H and O–H groups in total. The van der Waals surface area contributed by atoms with Gasteiger partial charge in [0.25, 0.3) is 0 Å². The third-order valence-electron chi connectivity index (χ3n) is 4.31. The summed E-state index contributed by atoms with van der Waals surface area (Å²) in [5.41, 5.74) is 2.95. The van der Waals surface area contributed by atoms with Crippen molar-refractivity contribution in [2.24, 2.45) is 0 Å². The Kier molecular flexibility index (Phi) is 3.38. The summed E-state index contributed by atoms with van der Waals surface area (Å²) in [7, 11) is 0. The second kappa shape index (κ2) is 6.00. The van der Waals surface area contributed by atoms with Crippen molar-refractivity contribution in [1.82, 2.24) is 24.7 Å². The summed E-state index contributed by atoms with van der Waals surface area (Å²) in [4.78, 5) is 9.00. The monoisotopic (exact) mass is 341 g/mol. The molecule has 1 aromatic carbocycles. The van der Waals surface area contributed by atoms with Crippen molar-refractivity contribution in [3.8, 4) is 23.0 Å². The van der Waals surface area contributed by atoms with Crippen LogP contribution in [0.3, 0.4) is 0 Å². The molecule has 126 valence electrons. The van der Waals surface area contributed by atoms with Crippen LogP contribution < -0.4 is 0 Å². The largest absolute Gasteiger partial charge is 0.451 e. The van der Waals surface area contributed by atoms with E-state index < -0.39 is 0 Å². The van der Waals surface area contributed by atoms with Crippen molar-refractivity contribution >= 4 is 10.9 Å². The second-order valence-electron chi connectivity index (χ2n) is 6.05. The van der Waals surface area contributed by atoms with E-state index in [4.69, 9.17) is 4.42 Å². The Bertz CT molecular complexity index is 1170.